The highest BCUT2D eigenvalue weighted by molar-refractivity contribution is 8.00. The van der Waals surface area contributed by atoms with Crippen LogP contribution in [0.4, 0.5) is 0 Å². The zero-order valence-corrected chi connectivity index (χ0v) is 26.4. The minimum atomic E-state index is -1.00. The van der Waals surface area contributed by atoms with Gasteiger partial charge in [-0.15, -0.1) is 0 Å². The van der Waals surface area contributed by atoms with E-state index in [-0.39, 0.29) is 5.91 Å². The summed E-state index contributed by atoms with van der Waals surface area (Å²) in [7, 11) is 1.79. The van der Waals surface area contributed by atoms with Crippen LogP contribution in [-0.4, -0.2) is 77.2 Å². The third kappa shape index (κ3) is 8.99. The van der Waals surface area contributed by atoms with Crippen LogP contribution in [0.25, 0.3) is 11.1 Å². The second kappa shape index (κ2) is 16.0. The fourth-order valence-electron chi connectivity index (χ4n) is 6.19. The Bertz CT molecular complexity index is 1150. The molecule has 1 heterocycles. The molecule has 6 nitrogen and oxygen atoms in total. The number of aliphatic carboxylic acids is 1. The summed E-state index contributed by atoms with van der Waals surface area (Å²) in [6, 6.07) is 13.6. The normalized spacial score (nSPS) is 20.7. The number of likely N-dealkylation sites (tertiary alicyclic amines) is 1. The van der Waals surface area contributed by atoms with Crippen molar-refractivity contribution in [1.82, 2.24) is 10.2 Å². The van der Waals surface area contributed by atoms with Crippen LogP contribution < -0.4 is 5.32 Å². The molecule has 0 aromatic heterocycles. The number of nitrogens with zero attached hydrogens (tertiary/aromatic N) is 1. The molecule has 2 aliphatic rings. The van der Waals surface area contributed by atoms with Gasteiger partial charge >= 0.3 is 5.97 Å². The van der Waals surface area contributed by atoms with Crippen LogP contribution in [0.2, 0.25) is 0 Å². The summed E-state index contributed by atoms with van der Waals surface area (Å²) >= 11 is 3.73. The monoisotopic (exact) mass is 598 g/mol. The molecule has 3 atom stereocenters. The van der Waals surface area contributed by atoms with Gasteiger partial charge in [0.25, 0.3) is 5.91 Å². The van der Waals surface area contributed by atoms with E-state index in [1.807, 2.05) is 49.6 Å². The van der Waals surface area contributed by atoms with Crippen LogP contribution in [0.5, 0.6) is 0 Å². The van der Waals surface area contributed by atoms with E-state index in [2.05, 4.69) is 28.0 Å². The van der Waals surface area contributed by atoms with E-state index in [9.17, 15) is 14.7 Å². The summed E-state index contributed by atoms with van der Waals surface area (Å²) in [5, 5.41) is 13.1. The Balaban J connectivity index is 1.53. The van der Waals surface area contributed by atoms with Gasteiger partial charge in [0.2, 0.25) is 0 Å². The number of carboxylic acids is 1. The molecule has 4 rings (SSSR count). The fourth-order valence-corrected chi connectivity index (χ4v) is 8.20. The molecule has 2 N–H and O–H groups in total. The first kappa shape index (κ1) is 31.9. The standard InChI is InChI=1S/C33H46N2O4S2/c1-23-9-7-8-12-28(23)30-17-25(13-14-29(30)32(36)34-31(33(37)38)15-16-40-3)19-35-20-27(18-26(35)21-39-2)41-22-24-10-5-4-6-11-24/h7-9,12-14,17,24,26-27,31H,4-6,10-11,15-16,18-22H2,1-3H3,(H,34,36)(H,37,38)/t26-,27?,31+/m1/s1. The largest absolute Gasteiger partial charge is 0.480 e. The van der Waals surface area contributed by atoms with Gasteiger partial charge in [0.05, 0.1) is 6.61 Å². The number of carboxylic acid groups (broad SMARTS) is 1. The van der Waals surface area contributed by atoms with E-state index in [0.29, 0.717) is 29.0 Å². The lowest BCUT2D eigenvalue weighted by atomic mass is 9.91. The topological polar surface area (TPSA) is 78.9 Å². The number of ether oxygens (including phenoxy) is 1. The number of carbonyl (C=O) groups is 2. The predicted octanol–water partition coefficient (Wildman–Crippen LogP) is 6.50. The SMILES string of the molecule is COC[C@H]1CC(SCC2CCCCC2)CN1Cc1ccc(C(=O)N[C@@H](CCSC)C(=O)O)c(-c2ccccc2C)c1. The summed E-state index contributed by atoms with van der Waals surface area (Å²) in [5.74, 6) is 1.46. The van der Waals surface area contributed by atoms with Crippen molar-refractivity contribution in [2.75, 3.05) is 38.0 Å². The molecule has 8 heteroatoms. The molecule has 2 fully saturated rings. The maximum absolute atomic E-state index is 13.5. The number of carbonyl (C=O) groups excluding carboxylic acids is 1. The summed E-state index contributed by atoms with van der Waals surface area (Å²) in [6.45, 7) is 4.60. The van der Waals surface area contributed by atoms with E-state index >= 15 is 0 Å². The van der Waals surface area contributed by atoms with E-state index in [0.717, 1.165) is 54.3 Å². The van der Waals surface area contributed by atoms with E-state index in [1.54, 1.807) is 18.9 Å². The Labute approximate surface area is 254 Å². The molecule has 1 aliphatic carbocycles. The van der Waals surface area contributed by atoms with Gasteiger partial charge in [-0.2, -0.15) is 23.5 Å². The van der Waals surface area contributed by atoms with Crippen molar-refractivity contribution in [3.63, 3.8) is 0 Å². The lowest BCUT2D eigenvalue weighted by Gasteiger charge is -2.25. The molecular weight excluding hydrogens is 553 g/mol. The summed E-state index contributed by atoms with van der Waals surface area (Å²) in [5.41, 5.74) is 4.57. The highest BCUT2D eigenvalue weighted by Gasteiger charge is 2.33. The molecule has 2 aromatic rings. The van der Waals surface area contributed by atoms with Crippen LogP contribution in [0.3, 0.4) is 0 Å². The lowest BCUT2D eigenvalue weighted by Crippen LogP contribution is -2.41. The first-order valence-corrected chi connectivity index (χ1v) is 17.4. The van der Waals surface area contributed by atoms with Crippen molar-refractivity contribution in [3.8, 4) is 11.1 Å². The third-order valence-corrected chi connectivity index (χ3v) is 10.6. The number of thioether (sulfide) groups is 2. The van der Waals surface area contributed by atoms with E-state index in [1.165, 1.54) is 37.9 Å². The van der Waals surface area contributed by atoms with Gasteiger partial charge in [-0.3, -0.25) is 9.69 Å². The summed E-state index contributed by atoms with van der Waals surface area (Å²) < 4.78 is 5.63. The minimum absolute atomic E-state index is 0.346. The second-order valence-electron chi connectivity index (χ2n) is 11.6. The molecule has 0 radical (unpaired) electrons. The molecule has 1 aliphatic heterocycles. The Hall–Kier alpha value is -2.00. The van der Waals surface area contributed by atoms with Crippen LogP contribution >= 0.6 is 23.5 Å². The van der Waals surface area contributed by atoms with Crippen molar-refractivity contribution in [1.29, 1.82) is 0 Å². The highest BCUT2D eigenvalue weighted by atomic mass is 32.2. The quantitative estimate of drug-likeness (QED) is 0.257. The molecule has 0 spiro atoms. The lowest BCUT2D eigenvalue weighted by molar-refractivity contribution is -0.139. The van der Waals surface area contributed by atoms with Crippen LogP contribution in [0.15, 0.2) is 42.5 Å². The summed E-state index contributed by atoms with van der Waals surface area (Å²) in [6.07, 6.45) is 10.4. The van der Waals surface area contributed by atoms with Gasteiger partial charge < -0.3 is 15.2 Å². The van der Waals surface area contributed by atoms with Gasteiger partial charge in [0, 0.05) is 37.1 Å². The molecular formula is C33H46N2O4S2. The number of hydrogen-bond donors (Lipinski definition) is 2. The van der Waals surface area contributed by atoms with Crippen LogP contribution in [0, 0.1) is 12.8 Å². The average molecular weight is 599 g/mol. The van der Waals surface area contributed by atoms with Crippen LogP contribution in [-0.2, 0) is 16.1 Å². The van der Waals surface area contributed by atoms with Crippen molar-refractivity contribution in [2.45, 2.75) is 75.7 Å². The molecule has 0 bridgehead atoms. The maximum atomic E-state index is 13.5. The van der Waals surface area contributed by atoms with Gasteiger partial charge in [0.15, 0.2) is 0 Å². The molecule has 224 valence electrons. The number of aryl methyl sites for hydroxylation is 1. The van der Waals surface area contributed by atoms with E-state index < -0.39 is 12.0 Å². The summed E-state index contributed by atoms with van der Waals surface area (Å²) in [4.78, 5) is 27.8. The zero-order chi connectivity index (χ0) is 29.2. The van der Waals surface area contributed by atoms with Crippen molar-refractivity contribution in [3.05, 3.63) is 59.2 Å². The number of amides is 1. The fraction of sp³-hybridized carbons (Fsp3) is 0.576. The Morgan fingerprint density at radius 2 is 1.90 bits per heavy atom. The predicted molar refractivity (Wildman–Crippen MR) is 172 cm³/mol. The number of methoxy groups -OCH3 is 1. The van der Waals surface area contributed by atoms with Gasteiger partial charge in [-0.1, -0.05) is 49.6 Å². The smallest absolute Gasteiger partial charge is 0.326 e. The van der Waals surface area contributed by atoms with Gasteiger partial charge in [-0.25, -0.2) is 4.79 Å². The minimum Gasteiger partial charge on any atom is -0.480 e. The number of benzene rings is 2. The maximum Gasteiger partial charge on any atom is 0.326 e. The molecule has 1 saturated carbocycles. The Morgan fingerprint density at radius 1 is 1.12 bits per heavy atom. The number of rotatable bonds is 14. The number of nitrogens with one attached hydrogen (secondary N) is 1. The third-order valence-electron chi connectivity index (χ3n) is 8.50. The van der Waals surface area contributed by atoms with Gasteiger partial charge in [0.1, 0.15) is 6.04 Å². The highest BCUT2D eigenvalue weighted by Crippen LogP contribution is 2.35. The second-order valence-corrected chi connectivity index (χ2v) is 13.9. The molecule has 1 saturated heterocycles. The first-order valence-electron chi connectivity index (χ1n) is 15.0. The Kier molecular flexibility index (Phi) is 12.5. The first-order chi connectivity index (χ1) is 19.9. The van der Waals surface area contributed by atoms with Gasteiger partial charge in [-0.05, 0) is 90.7 Å². The van der Waals surface area contributed by atoms with Crippen molar-refractivity contribution in [2.24, 2.45) is 5.92 Å². The van der Waals surface area contributed by atoms with Crippen LogP contribution in [0.1, 0.15) is 66.4 Å². The average Bonchev–Trinajstić information content (AvgIpc) is 3.35. The molecule has 41 heavy (non-hydrogen) atoms. The molecule has 1 unspecified atom stereocenters. The molecule has 1 amide bonds. The Morgan fingerprint density at radius 3 is 2.61 bits per heavy atom. The van der Waals surface area contributed by atoms with E-state index in [4.69, 9.17) is 4.74 Å². The van der Waals surface area contributed by atoms with Crippen molar-refractivity contribution >= 4 is 35.4 Å². The van der Waals surface area contributed by atoms with Crippen molar-refractivity contribution < 1.29 is 19.4 Å². The number of hydrogen-bond acceptors (Lipinski definition) is 6. The molecule has 2 aromatic carbocycles. The zero-order valence-electron chi connectivity index (χ0n) is 24.8.